The highest BCUT2D eigenvalue weighted by molar-refractivity contribution is 9.10. The highest BCUT2D eigenvalue weighted by Gasteiger charge is 2.34. The van der Waals surface area contributed by atoms with Crippen LogP contribution in [0.3, 0.4) is 0 Å². The maximum Gasteiger partial charge on any atom is 0.410 e. The molecule has 5 nitrogen and oxygen atoms in total. The van der Waals surface area contributed by atoms with Crippen molar-refractivity contribution in [2.24, 2.45) is 0 Å². The second-order valence-corrected chi connectivity index (χ2v) is 9.61. The van der Waals surface area contributed by atoms with E-state index in [4.69, 9.17) is 14.2 Å². The first kappa shape index (κ1) is 22.5. The molecule has 0 spiro atoms. The van der Waals surface area contributed by atoms with Gasteiger partial charge >= 0.3 is 6.09 Å². The molecule has 0 radical (unpaired) electrons. The van der Waals surface area contributed by atoms with E-state index in [0.29, 0.717) is 24.5 Å². The van der Waals surface area contributed by atoms with Gasteiger partial charge in [0.15, 0.2) is 11.5 Å². The summed E-state index contributed by atoms with van der Waals surface area (Å²) in [5, 5.41) is 0. The van der Waals surface area contributed by atoms with Gasteiger partial charge in [0.25, 0.3) is 0 Å². The fraction of sp³-hybridized carbons (Fsp3) is 0.458. The molecule has 2 unspecified atom stereocenters. The minimum Gasteiger partial charge on any atom is -0.493 e. The molecule has 2 atom stereocenters. The smallest absolute Gasteiger partial charge is 0.410 e. The molecule has 0 bridgehead atoms. The largest absolute Gasteiger partial charge is 0.493 e. The van der Waals surface area contributed by atoms with Crippen molar-refractivity contribution in [2.45, 2.75) is 51.7 Å². The summed E-state index contributed by atoms with van der Waals surface area (Å²) in [5.74, 6) is 1.38. The SMILES string of the molecule is COc1cc2c(cc1OC)C(c1ccc(Br)cc1)CN(C(=O)OC(C)(C)C)C(C)C2. The zero-order chi connectivity index (χ0) is 22.1. The minimum absolute atomic E-state index is 0.00891. The number of halogens is 1. The molecule has 30 heavy (non-hydrogen) atoms. The third kappa shape index (κ3) is 4.91. The summed E-state index contributed by atoms with van der Waals surface area (Å²) >= 11 is 3.51. The molecular weight excluding hydrogens is 446 g/mol. The van der Waals surface area contributed by atoms with Crippen molar-refractivity contribution in [2.75, 3.05) is 20.8 Å². The molecule has 0 N–H and O–H groups in total. The van der Waals surface area contributed by atoms with E-state index in [1.54, 1.807) is 14.2 Å². The molecule has 1 heterocycles. The summed E-state index contributed by atoms with van der Waals surface area (Å²) in [6.45, 7) is 8.27. The first-order valence-corrected chi connectivity index (χ1v) is 10.9. The predicted molar refractivity (Wildman–Crippen MR) is 122 cm³/mol. The monoisotopic (exact) mass is 475 g/mol. The van der Waals surface area contributed by atoms with Crippen LogP contribution < -0.4 is 9.47 Å². The molecule has 0 aliphatic carbocycles. The average molecular weight is 476 g/mol. The van der Waals surface area contributed by atoms with Crippen LogP contribution in [0.1, 0.15) is 50.3 Å². The number of ether oxygens (including phenoxy) is 3. The van der Waals surface area contributed by atoms with Gasteiger partial charge in [0.2, 0.25) is 0 Å². The van der Waals surface area contributed by atoms with Gasteiger partial charge in [0.05, 0.1) is 14.2 Å². The zero-order valence-corrected chi connectivity index (χ0v) is 20.1. The van der Waals surface area contributed by atoms with Gasteiger partial charge in [-0.15, -0.1) is 0 Å². The molecule has 0 aromatic heterocycles. The van der Waals surface area contributed by atoms with E-state index in [-0.39, 0.29) is 18.1 Å². The summed E-state index contributed by atoms with van der Waals surface area (Å²) in [4.78, 5) is 14.9. The van der Waals surface area contributed by atoms with Crippen LogP contribution in [0.4, 0.5) is 4.79 Å². The standard InChI is InChI=1S/C24H30BrNO4/c1-15-11-17-12-21(28-5)22(29-6)13-19(17)20(16-7-9-18(25)10-8-16)14-26(15)23(27)30-24(2,3)4/h7-10,12-13,15,20H,11,14H2,1-6H3. The lowest BCUT2D eigenvalue weighted by Gasteiger charge is -2.32. The normalized spacial score (nSPS) is 19.0. The van der Waals surface area contributed by atoms with Gasteiger partial charge in [0, 0.05) is 23.0 Å². The number of nitrogens with zero attached hydrogens (tertiary/aromatic N) is 1. The Morgan fingerprint density at radius 2 is 1.67 bits per heavy atom. The van der Waals surface area contributed by atoms with E-state index in [0.717, 1.165) is 21.2 Å². The van der Waals surface area contributed by atoms with E-state index < -0.39 is 5.60 Å². The Bertz CT molecular complexity index is 905. The lowest BCUT2D eigenvalue weighted by Crippen LogP contribution is -2.43. The molecule has 1 aliphatic heterocycles. The van der Waals surface area contributed by atoms with Crippen LogP contribution in [0.25, 0.3) is 0 Å². The third-order valence-corrected chi connectivity index (χ3v) is 5.88. The highest BCUT2D eigenvalue weighted by Crippen LogP contribution is 2.40. The molecule has 2 aromatic rings. The first-order chi connectivity index (χ1) is 14.1. The molecule has 0 fully saturated rings. The molecule has 2 aromatic carbocycles. The van der Waals surface area contributed by atoms with Crippen LogP contribution in [0, 0.1) is 0 Å². The summed E-state index contributed by atoms with van der Waals surface area (Å²) in [6.07, 6.45) is 0.422. The molecule has 1 amide bonds. The van der Waals surface area contributed by atoms with Crippen LogP contribution in [0.5, 0.6) is 11.5 Å². The van der Waals surface area contributed by atoms with Gasteiger partial charge in [-0.05, 0) is 75.1 Å². The fourth-order valence-electron chi connectivity index (χ4n) is 3.90. The maximum atomic E-state index is 13.1. The summed E-state index contributed by atoms with van der Waals surface area (Å²) in [7, 11) is 3.29. The maximum absolute atomic E-state index is 13.1. The quantitative estimate of drug-likeness (QED) is 0.564. The number of amides is 1. The lowest BCUT2D eigenvalue weighted by atomic mass is 9.87. The Morgan fingerprint density at radius 1 is 1.07 bits per heavy atom. The number of hydrogen-bond acceptors (Lipinski definition) is 4. The predicted octanol–water partition coefficient (Wildman–Crippen LogP) is 5.78. The van der Waals surface area contributed by atoms with Gasteiger partial charge in [-0.25, -0.2) is 4.79 Å². The van der Waals surface area contributed by atoms with Crippen molar-refractivity contribution in [1.29, 1.82) is 0 Å². The van der Waals surface area contributed by atoms with Crippen molar-refractivity contribution in [3.05, 3.63) is 57.6 Å². The lowest BCUT2D eigenvalue weighted by molar-refractivity contribution is 0.0177. The number of carbonyl (C=O) groups is 1. The first-order valence-electron chi connectivity index (χ1n) is 10.1. The number of rotatable bonds is 3. The second kappa shape index (κ2) is 8.88. The number of hydrogen-bond donors (Lipinski definition) is 0. The minimum atomic E-state index is -0.546. The topological polar surface area (TPSA) is 48.0 Å². The summed E-state index contributed by atoms with van der Waals surface area (Å²) < 4.78 is 17.9. The van der Waals surface area contributed by atoms with Crippen molar-refractivity contribution in [3.63, 3.8) is 0 Å². The van der Waals surface area contributed by atoms with Gasteiger partial charge in [-0.1, -0.05) is 28.1 Å². The molecule has 6 heteroatoms. The Kier molecular flexibility index (Phi) is 6.65. The van der Waals surface area contributed by atoms with Gasteiger partial charge in [0.1, 0.15) is 5.60 Å². The Labute approximate surface area is 187 Å². The van der Waals surface area contributed by atoms with Crippen LogP contribution in [-0.2, 0) is 11.2 Å². The van der Waals surface area contributed by atoms with E-state index in [9.17, 15) is 4.79 Å². The Balaban J connectivity index is 2.10. The van der Waals surface area contributed by atoms with Crippen molar-refractivity contribution in [3.8, 4) is 11.5 Å². The highest BCUT2D eigenvalue weighted by atomic mass is 79.9. The van der Waals surface area contributed by atoms with E-state index >= 15 is 0 Å². The van der Waals surface area contributed by atoms with Gasteiger partial charge < -0.3 is 19.1 Å². The molecule has 0 saturated carbocycles. The van der Waals surface area contributed by atoms with Crippen LogP contribution in [0.15, 0.2) is 40.9 Å². The fourth-order valence-corrected chi connectivity index (χ4v) is 4.16. The van der Waals surface area contributed by atoms with Crippen LogP contribution in [0.2, 0.25) is 0 Å². The summed E-state index contributed by atoms with van der Waals surface area (Å²) in [6, 6.07) is 12.3. The number of fused-ring (bicyclic) bond motifs is 1. The Hall–Kier alpha value is -2.21. The van der Waals surface area contributed by atoms with Crippen molar-refractivity contribution < 1.29 is 19.0 Å². The van der Waals surface area contributed by atoms with E-state index in [1.165, 1.54) is 0 Å². The van der Waals surface area contributed by atoms with Gasteiger partial charge in [-0.2, -0.15) is 0 Å². The number of benzene rings is 2. The summed E-state index contributed by atoms with van der Waals surface area (Å²) in [5.41, 5.74) is 2.89. The molecule has 1 aliphatic rings. The number of methoxy groups -OCH3 is 2. The molecule has 162 valence electrons. The second-order valence-electron chi connectivity index (χ2n) is 8.70. The molecular formula is C24H30BrNO4. The molecule has 3 rings (SSSR count). The molecule has 0 saturated heterocycles. The van der Waals surface area contributed by atoms with Gasteiger partial charge in [-0.3, -0.25) is 0 Å². The van der Waals surface area contributed by atoms with Crippen molar-refractivity contribution >= 4 is 22.0 Å². The van der Waals surface area contributed by atoms with Crippen molar-refractivity contribution in [1.82, 2.24) is 4.90 Å². The zero-order valence-electron chi connectivity index (χ0n) is 18.5. The third-order valence-electron chi connectivity index (χ3n) is 5.35. The average Bonchev–Trinajstić information content (AvgIpc) is 2.82. The van der Waals surface area contributed by atoms with E-state index in [1.807, 2.05) is 49.9 Å². The van der Waals surface area contributed by atoms with Crippen LogP contribution in [-0.4, -0.2) is 43.4 Å². The number of carbonyl (C=O) groups excluding carboxylic acids is 1. The van der Waals surface area contributed by atoms with Crippen LogP contribution >= 0.6 is 15.9 Å². The Morgan fingerprint density at radius 3 is 2.23 bits per heavy atom. The van der Waals surface area contributed by atoms with E-state index in [2.05, 4.69) is 35.0 Å².